The van der Waals surface area contributed by atoms with Gasteiger partial charge in [0.15, 0.2) is 0 Å². The maximum absolute atomic E-state index is 13.6. The van der Waals surface area contributed by atoms with Gasteiger partial charge in [-0.15, -0.1) is 11.3 Å². The summed E-state index contributed by atoms with van der Waals surface area (Å²) in [7, 11) is 2.16. The third kappa shape index (κ3) is 5.18. The highest BCUT2D eigenvalue weighted by molar-refractivity contribution is 7.18. The third-order valence-electron chi connectivity index (χ3n) is 8.08. The number of ether oxygens (including phenoxy) is 1. The average molecular weight is 596 g/mol. The lowest BCUT2D eigenvalue weighted by Crippen LogP contribution is -2.42. The van der Waals surface area contributed by atoms with E-state index < -0.39 is 11.5 Å². The fraction of sp³-hybridized carbons (Fsp3) is 0.414. The normalized spacial score (nSPS) is 16.8. The number of nitrogens with one attached hydrogen (secondary N) is 1. The number of nitrogens with zero attached hydrogens (tertiary/aromatic N) is 4. The molecule has 2 aliphatic rings. The van der Waals surface area contributed by atoms with Crippen molar-refractivity contribution < 1.29 is 14.6 Å². The molecule has 0 spiro atoms. The molecule has 1 atom stereocenters. The molecule has 4 aromatic rings. The van der Waals surface area contributed by atoms with Gasteiger partial charge in [0, 0.05) is 39.8 Å². The zero-order valence-corrected chi connectivity index (χ0v) is 24.6. The highest BCUT2D eigenvalue weighted by Crippen LogP contribution is 2.39. The van der Waals surface area contributed by atoms with Gasteiger partial charge >= 0.3 is 5.97 Å². The SMILES string of the molecule is Cc1cc(-c2cc(Cl)c(=O)[nH]c2OCCn2c(C)nc3c(c2=O)C[C@@H](N(C)C2CC2)CC3)c2scc(C(=O)O)c2n1. The Balaban J connectivity index is 1.29. The van der Waals surface area contributed by atoms with Crippen molar-refractivity contribution in [1.29, 1.82) is 0 Å². The Morgan fingerprint density at radius 2 is 1.98 bits per heavy atom. The van der Waals surface area contributed by atoms with Gasteiger partial charge in [-0.2, -0.15) is 0 Å². The monoisotopic (exact) mass is 595 g/mol. The predicted molar refractivity (Wildman–Crippen MR) is 158 cm³/mol. The van der Waals surface area contributed by atoms with E-state index in [1.54, 1.807) is 22.9 Å². The van der Waals surface area contributed by atoms with Gasteiger partial charge in [-0.1, -0.05) is 11.6 Å². The van der Waals surface area contributed by atoms with Crippen LogP contribution in [0.3, 0.4) is 0 Å². The Morgan fingerprint density at radius 1 is 1.20 bits per heavy atom. The number of likely N-dealkylation sites (N-methyl/N-ethyl adjacent to an activating group) is 1. The number of H-pyrrole nitrogens is 1. The summed E-state index contributed by atoms with van der Waals surface area (Å²) in [5, 5.41) is 11.1. The zero-order chi connectivity index (χ0) is 29.0. The number of aromatic carboxylic acids is 1. The van der Waals surface area contributed by atoms with E-state index in [0.29, 0.717) is 51.4 Å². The molecule has 0 saturated heterocycles. The number of fused-ring (bicyclic) bond motifs is 2. The fourth-order valence-corrected chi connectivity index (χ4v) is 6.90. The minimum atomic E-state index is -1.07. The van der Waals surface area contributed by atoms with Crippen LogP contribution in [0.1, 0.15) is 52.4 Å². The molecular weight excluding hydrogens is 566 g/mol. The molecule has 0 bridgehead atoms. The Morgan fingerprint density at radius 3 is 2.71 bits per heavy atom. The Labute approximate surface area is 244 Å². The quantitative estimate of drug-likeness (QED) is 0.310. The summed E-state index contributed by atoms with van der Waals surface area (Å²) in [4.78, 5) is 52.1. The standard InChI is InChI=1S/C29H30ClN5O5S/c1-14-10-18(25-24(31-14)21(13-41-25)29(38)39)19-12-22(30)26(36)33-27(19)40-9-8-35-15(2)32-23-7-6-17(11-20(23)28(35)37)34(3)16-4-5-16/h10,12-13,16-17H,4-9,11H2,1-3H3,(H,33,36)(H,38,39)/t17-/m0/s1. The van der Waals surface area contributed by atoms with E-state index in [0.717, 1.165) is 24.1 Å². The number of carbonyl (C=O) groups is 1. The molecule has 1 saturated carbocycles. The molecule has 0 unspecified atom stereocenters. The smallest absolute Gasteiger partial charge is 0.338 e. The first-order chi connectivity index (χ1) is 19.6. The second-order valence-electron chi connectivity index (χ2n) is 10.8. The van der Waals surface area contributed by atoms with Crippen molar-refractivity contribution in [2.75, 3.05) is 13.7 Å². The number of aryl methyl sites for hydroxylation is 3. The summed E-state index contributed by atoms with van der Waals surface area (Å²) in [5.74, 6) is -0.261. The van der Waals surface area contributed by atoms with Crippen molar-refractivity contribution in [3.63, 3.8) is 0 Å². The van der Waals surface area contributed by atoms with Gasteiger partial charge in [0.05, 0.1) is 28.0 Å². The summed E-state index contributed by atoms with van der Waals surface area (Å²) in [5.41, 5.74) is 3.34. The van der Waals surface area contributed by atoms with Gasteiger partial charge in [0.2, 0.25) is 5.88 Å². The number of thiophene rings is 1. The second kappa shape index (κ2) is 10.7. The molecule has 6 rings (SSSR count). The summed E-state index contributed by atoms with van der Waals surface area (Å²) in [6, 6.07) is 4.29. The number of rotatable bonds is 8. The molecule has 0 aromatic carbocycles. The highest BCUT2D eigenvalue weighted by atomic mass is 35.5. The Hall–Kier alpha value is -3.54. The Bertz CT molecular complexity index is 1810. The van der Waals surface area contributed by atoms with Gasteiger partial charge in [-0.05, 0) is 65.1 Å². The third-order valence-corrected chi connectivity index (χ3v) is 9.37. The van der Waals surface area contributed by atoms with Gasteiger partial charge in [0.1, 0.15) is 17.5 Å². The minimum Gasteiger partial charge on any atom is -0.478 e. The van der Waals surface area contributed by atoms with Crippen molar-refractivity contribution in [2.24, 2.45) is 0 Å². The van der Waals surface area contributed by atoms with Crippen molar-refractivity contribution in [1.82, 2.24) is 24.4 Å². The van der Waals surface area contributed by atoms with Crippen molar-refractivity contribution >= 4 is 39.1 Å². The summed E-state index contributed by atoms with van der Waals surface area (Å²) in [6.07, 6.45) is 4.94. The van der Waals surface area contributed by atoms with Crippen LogP contribution < -0.4 is 15.9 Å². The number of halogens is 1. The number of aromatic amines is 1. The predicted octanol–water partition coefficient (Wildman–Crippen LogP) is 4.21. The largest absolute Gasteiger partial charge is 0.478 e. The van der Waals surface area contributed by atoms with E-state index in [-0.39, 0.29) is 35.2 Å². The number of carboxylic acids is 1. The van der Waals surface area contributed by atoms with Crippen LogP contribution in [0, 0.1) is 13.8 Å². The van der Waals surface area contributed by atoms with Gasteiger partial charge < -0.3 is 14.7 Å². The summed E-state index contributed by atoms with van der Waals surface area (Å²) >= 11 is 7.46. The average Bonchev–Trinajstić information content (AvgIpc) is 3.70. The van der Waals surface area contributed by atoms with Gasteiger partial charge in [0.25, 0.3) is 11.1 Å². The van der Waals surface area contributed by atoms with E-state index in [1.807, 2.05) is 6.92 Å². The number of aromatic nitrogens is 4. The number of hydrogen-bond donors (Lipinski definition) is 2. The molecule has 1 fully saturated rings. The second-order valence-corrected chi connectivity index (χ2v) is 12.1. The highest BCUT2D eigenvalue weighted by Gasteiger charge is 2.34. The molecule has 0 radical (unpaired) electrons. The van der Waals surface area contributed by atoms with Crippen LogP contribution in [0.25, 0.3) is 21.3 Å². The van der Waals surface area contributed by atoms with Gasteiger partial charge in [-0.3, -0.25) is 24.1 Å². The molecule has 4 heterocycles. The van der Waals surface area contributed by atoms with E-state index >= 15 is 0 Å². The number of hydrogen-bond acceptors (Lipinski definition) is 8. The first kappa shape index (κ1) is 27.6. The molecule has 2 aliphatic carbocycles. The molecule has 12 heteroatoms. The topological polar surface area (TPSA) is 130 Å². The van der Waals surface area contributed by atoms with Crippen molar-refractivity contribution in [3.8, 4) is 17.0 Å². The molecule has 4 aromatic heterocycles. The van der Waals surface area contributed by atoms with E-state index in [2.05, 4.69) is 21.9 Å². The maximum atomic E-state index is 13.6. The van der Waals surface area contributed by atoms with Crippen LogP contribution >= 0.6 is 22.9 Å². The fourth-order valence-electron chi connectivity index (χ4n) is 5.73. The lowest BCUT2D eigenvalue weighted by molar-refractivity contribution is 0.0699. The number of pyridine rings is 2. The van der Waals surface area contributed by atoms with Crippen molar-refractivity contribution in [3.05, 3.63) is 71.6 Å². The molecule has 10 nitrogen and oxygen atoms in total. The Kier molecular flexibility index (Phi) is 7.21. The first-order valence-electron chi connectivity index (χ1n) is 13.6. The lowest BCUT2D eigenvalue weighted by atomic mass is 9.91. The molecule has 41 heavy (non-hydrogen) atoms. The van der Waals surface area contributed by atoms with Crippen molar-refractivity contribution in [2.45, 2.75) is 64.6 Å². The van der Waals surface area contributed by atoms with E-state index in [9.17, 15) is 19.5 Å². The lowest BCUT2D eigenvalue weighted by Gasteiger charge is -2.32. The van der Waals surface area contributed by atoms with Crippen LogP contribution in [0.15, 0.2) is 27.1 Å². The zero-order valence-electron chi connectivity index (χ0n) is 23.0. The van der Waals surface area contributed by atoms with Crippen LogP contribution in [0.5, 0.6) is 5.88 Å². The van der Waals surface area contributed by atoms with Crippen LogP contribution in [0.2, 0.25) is 5.02 Å². The van der Waals surface area contributed by atoms with Crippen LogP contribution in [-0.4, -0.2) is 61.2 Å². The molecule has 0 aliphatic heterocycles. The summed E-state index contributed by atoms with van der Waals surface area (Å²) < 4.78 is 8.36. The summed E-state index contributed by atoms with van der Waals surface area (Å²) in [6.45, 7) is 3.93. The van der Waals surface area contributed by atoms with E-state index in [1.165, 1.54) is 30.2 Å². The maximum Gasteiger partial charge on any atom is 0.338 e. The van der Waals surface area contributed by atoms with E-state index in [4.69, 9.17) is 21.3 Å². The molecule has 0 amide bonds. The molecular formula is C29H30ClN5O5S. The molecule has 214 valence electrons. The van der Waals surface area contributed by atoms with Crippen LogP contribution in [0.4, 0.5) is 0 Å². The minimum absolute atomic E-state index is 0.0262. The molecule has 2 N–H and O–H groups in total. The van der Waals surface area contributed by atoms with Crippen LogP contribution in [-0.2, 0) is 19.4 Å². The van der Waals surface area contributed by atoms with Gasteiger partial charge in [-0.25, -0.2) is 9.78 Å². The number of carboxylic acid groups (broad SMARTS) is 1. The first-order valence-corrected chi connectivity index (χ1v) is 14.9.